The number of amides is 1. The van der Waals surface area contributed by atoms with Crippen molar-refractivity contribution >= 4 is 17.3 Å². The Bertz CT molecular complexity index is 697. The Morgan fingerprint density at radius 2 is 1.65 bits per heavy atom. The van der Waals surface area contributed by atoms with Crippen LogP contribution in [0.3, 0.4) is 0 Å². The number of hydrogen-bond acceptors (Lipinski definition) is 4. The van der Waals surface area contributed by atoms with Gasteiger partial charge in [-0.2, -0.15) is 0 Å². The van der Waals surface area contributed by atoms with E-state index >= 15 is 0 Å². The molecule has 2 N–H and O–H groups in total. The van der Waals surface area contributed by atoms with Gasteiger partial charge < -0.3 is 15.0 Å². The molecule has 1 fully saturated rings. The molecule has 0 saturated carbocycles. The van der Waals surface area contributed by atoms with Crippen molar-refractivity contribution in [1.29, 1.82) is 0 Å². The number of nitrogens with zero attached hydrogens (tertiary/aromatic N) is 1. The van der Waals surface area contributed by atoms with Crippen molar-refractivity contribution in [1.82, 2.24) is 5.32 Å². The van der Waals surface area contributed by atoms with Crippen LogP contribution in [-0.4, -0.2) is 38.3 Å². The standard InChI is InChI=1S/C21H27N3O2/c1-16(18-6-4-3-5-7-18)22-17(2)21(25)23-19-8-10-20(11-9-19)24-12-14-26-15-13-24/h3-11,16-17,22H,12-15H2,1-2H3,(H,23,25)/t16-,17+/m0/s1. The minimum Gasteiger partial charge on any atom is -0.378 e. The van der Waals surface area contributed by atoms with Crippen molar-refractivity contribution in [2.45, 2.75) is 25.9 Å². The molecule has 0 unspecified atom stereocenters. The van der Waals surface area contributed by atoms with Crippen LogP contribution in [0.4, 0.5) is 11.4 Å². The highest BCUT2D eigenvalue weighted by Crippen LogP contribution is 2.19. The summed E-state index contributed by atoms with van der Waals surface area (Å²) < 4.78 is 5.38. The molecule has 1 aliphatic heterocycles. The van der Waals surface area contributed by atoms with Gasteiger partial charge in [0, 0.05) is 30.5 Å². The summed E-state index contributed by atoms with van der Waals surface area (Å²) in [4.78, 5) is 14.8. The van der Waals surface area contributed by atoms with Crippen LogP contribution in [0.15, 0.2) is 54.6 Å². The van der Waals surface area contributed by atoms with Crippen molar-refractivity contribution in [3.05, 3.63) is 60.2 Å². The molecule has 138 valence electrons. The van der Waals surface area contributed by atoms with Gasteiger partial charge in [-0.15, -0.1) is 0 Å². The Balaban J connectivity index is 1.53. The first-order valence-electron chi connectivity index (χ1n) is 9.18. The summed E-state index contributed by atoms with van der Waals surface area (Å²) in [6.07, 6.45) is 0. The van der Waals surface area contributed by atoms with E-state index in [0.29, 0.717) is 0 Å². The van der Waals surface area contributed by atoms with E-state index in [1.807, 2.05) is 49.4 Å². The van der Waals surface area contributed by atoms with Gasteiger partial charge in [-0.05, 0) is 43.7 Å². The molecule has 2 atom stereocenters. The first-order valence-corrected chi connectivity index (χ1v) is 9.18. The van der Waals surface area contributed by atoms with E-state index < -0.39 is 0 Å². The molecular formula is C21H27N3O2. The SMILES string of the molecule is C[C@H](N[C@H](C)C(=O)Nc1ccc(N2CCOCC2)cc1)c1ccccc1. The fourth-order valence-corrected chi connectivity index (χ4v) is 3.12. The fourth-order valence-electron chi connectivity index (χ4n) is 3.12. The lowest BCUT2D eigenvalue weighted by molar-refractivity contribution is -0.117. The highest BCUT2D eigenvalue weighted by molar-refractivity contribution is 5.94. The number of ether oxygens (including phenoxy) is 1. The molecule has 2 aromatic carbocycles. The van der Waals surface area contributed by atoms with Gasteiger partial charge in [-0.3, -0.25) is 10.1 Å². The van der Waals surface area contributed by atoms with Crippen molar-refractivity contribution in [3.8, 4) is 0 Å². The molecule has 1 saturated heterocycles. The van der Waals surface area contributed by atoms with Gasteiger partial charge in [0.2, 0.25) is 5.91 Å². The molecule has 1 aliphatic rings. The molecule has 0 aromatic heterocycles. The molecule has 1 heterocycles. The second-order valence-electron chi connectivity index (χ2n) is 6.66. The predicted octanol–water partition coefficient (Wildman–Crippen LogP) is 3.20. The van der Waals surface area contributed by atoms with E-state index in [0.717, 1.165) is 37.7 Å². The van der Waals surface area contributed by atoms with E-state index in [-0.39, 0.29) is 18.0 Å². The molecule has 26 heavy (non-hydrogen) atoms. The Labute approximate surface area is 155 Å². The number of carbonyl (C=O) groups is 1. The summed E-state index contributed by atoms with van der Waals surface area (Å²) in [6.45, 7) is 7.30. The van der Waals surface area contributed by atoms with Crippen LogP contribution < -0.4 is 15.5 Å². The quantitative estimate of drug-likeness (QED) is 0.837. The fraction of sp³-hybridized carbons (Fsp3) is 0.381. The number of anilines is 2. The zero-order chi connectivity index (χ0) is 18.4. The van der Waals surface area contributed by atoms with Gasteiger partial charge >= 0.3 is 0 Å². The van der Waals surface area contributed by atoms with Crippen molar-refractivity contribution in [2.24, 2.45) is 0 Å². The summed E-state index contributed by atoms with van der Waals surface area (Å²) in [5.41, 5.74) is 3.14. The van der Waals surface area contributed by atoms with Crippen LogP contribution in [-0.2, 0) is 9.53 Å². The Kier molecular flexibility index (Phi) is 6.26. The molecule has 0 bridgehead atoms. The first-order chi connectivity index (χ1) is 12.6. The van der Waals surface area contributed by atoms with Gasteiger partial charge in [0.1, 0.15) is 0 Å². The lowest BCUT2D eigenvalue weighted by Crippen LogP contribution is -2.39. The highest BCUT2D eigenvalue weighted by Gasteiger charge is 2.17. The average Bonchev–Trinajstić information content (AvgIpc) is 2.70. The van der Waals surface area contributed by atoms with Crippen molar-refractivity contribution in [3.63, 3.8) is 0 Å². The maximum Gasteiger partial charge on any atom is 0.241 e. The average molecular weight is 353 g/mol. The van der Waals surface area contributed by atoms with Crippen molar-refractivity contribution in [2.75, 3.05) is 36.5 Å². The van der Waals surface area contributed by atoms with Crippen LogP contribution in [0.25, 0.3) is 0 Å². The highest BCUT2D eigenvalue weighted by atomic mass is 16.5. The van der Waals surface area contributed by atoms with Gasteiger partial charge in [0.25, 0.3) is 0 Å². The van der Waals surface area contributed by atoms with Crippen LogP contribution in [0.5, 0.6) is 0 Å². The number of morpholine rings is 1. The molecule has 1 amide bonds. The maximum absolute atomic E-state index is 12.5. The molecular weight excluding hydrogens is 326 g/mol. The summed E-state index contributed by atoms with van der Waals surface area (Å²) >= 11 is 0. The Morgan fingerprint density at radius 1 is 1.00 bits per heavy atom. The third-order valence-corrected chi connectivity index (χ3v) is 4.70. The molecule has 5 heteroatoms. The van der Waals surface area contributed by atoms with E-state index in [4.69, 9.17) is 4.74 Å². The minimum atomic E-state index is -0.288. The van der Waals surface area contributed by atoms with E-state index in [9.17, 15) is 4.79 Å². The lowest BCUT2D eigenvalue weighted by atomic mass is 10.1. The second-order valence-corrected chi connectivity index (χ2v) is 6.66. The number of hydrogen-bond donors (Lipinski definition) is 2. The number of rotatable bonds is 6. The molecule has 2 aromatic rings. The van der Waals surface area contributed by atoms with Gasteiger partial charge in [0.15, 0.2) is 0 Å². The first kappa shape index (κ1) is 18.4. The lowest BCUT2D eigenvalue weighted by Gasteiger charge is -2.29. The van der Waals surface area contributed by atoms with Crippen LogP contribution in [0, 0.1) is 0 Å². The third kappa shape index (κ3) is 4.84. The van der Waals surface area contributed by atoms with Crippen molar-refractivity contribution < 1.29 is 9.53 Å². The molecule has 0 aliphatic carbocycles. The van der Waals surface area contributed by atoms with E-state index in [1.165, 1.54) is 5.56 Å². The second kappa shape index (κ2) is 8.83. The molecule has 0 spiro atoms. The van der Waals surface area contributed by atoms with Crippen LogP contribution >= 0.6 is 0 Å². The van der Waals surface area contributed by atoms with Gasteiger partial charge in [-0.1, -0.05) is 30.3 Å². The Morgan fingerprint density at radius 3 is 2.31 bits per heavy atom. The van der Waals surface area contributed by atoms with Gasteiger partial charge in [0.05, 0.1) is 19.3 Å². The molecule has 0 radical (unpaired) electrons. The summed E-state index contributed by atoms with van der Waals surface area (Å²) in [7, 11) is 0. The maximum atomic E-state index is 12.5. The van der Waals surface area contributed by atoms with E-state index in [2.05, 4.69) is 34.6 Å². The van der Waals surface area contributed by atoms with Crippen LogP contribution in [0.2, 0.25) is 0 Å². The number of nitrogens with one attached hydrogen (secondary N) is 2. The number of carbonyl (C=O) groups excluding carboxylic acids is 1. The topological polar surface area (TPSA) is 53.6 Å². The summed E-state index contributed by atoms with van der Waals surface area (Å²) in [6, 6.07) is 18.0. The zero-order valence-electron chi connectivity index (χ0n) is 15.4. The van der Waals surface area contributed by atoms with Gasteiger partial charge in [-0.25, -0.2) is 0 Å². The minimum absolute atomic E-state index is 0.0353. The smallest absolute Gasteiger partial charge is 0.241 e. The van der Waals surface area contributed by atoms with Crippen LogP contribution in [0.1, 0.15) is 25.5 Å². The molecule has 5 nitrogen and oxygen atoms in total. The molecule has 3 rings (SSSR count). The summed E-state index contributed by atoms with van der Waals surface area (Å²) in [5, 5.41) is 6.33. The monoisotopic (exact) mass is 353 g/mol. The normalized spacial score (nSPS) is 16.8. The zero-order valence-corrected chi connectivity index (χ0v) is 15.4. The predicted molar refractivity (Wildman–Crippen MR) is 106 cm³/mol. The largest absolute Gasteiger partial charge is 0.378 e. The third-order valence-electron chi connectivity index (χ3n) is 4.70. The Hall–Kier alpha value is -2.37. The number of benzene rings is 2. The summed E-state index contributed by atoms with van der Waals surface area (Å²) in [5.74, 6) is -0.0353. The van der Waals surface area contributed by atoms with E-state index in [1.54, 1.807) is 0 Å².